The molecule has 0 atom stereocenters. The molecule has 0 fully saturated rings. The Kier molecular flexibility index (Phi) is 3.43. The van der Waals surface area contributed by atoms with Gasteiger partial charge < -0.3 is 0 Å². The second-order valence-electron chi connectivity index (χ2n) is 4.72. The summed E-state index contributed by atoms with van der Waals surface area (Å²) in [6.07, 6.45) is 1.54. The second kappa shape index (κ2) is 5.36. The molecule has 3 aromatic heterocycles. The highest BCUT2D eigenvalue weighted by Gasteiger charge is 2.19. The van der Waals surface area contributed by atoms with E-state index < -0.39 is 0 Å². The molecule has 10 heteroatoms. The predicted molar refractivity (Wildman–Crippen MR) is 89.0 cm³/mol. The van der Waals surface area contributed by atoms with E-state index in [9.17, 15) is 4.39 Å². The van der Waals surface area contributed by atoms with Crippen molar-refractivity contribution in [3.63, 3.8) is 0 Å². The Balaban J connectivity index is 1.88. The van der Waals surface area contributed by atoms with Gasteiger partial charge in [0.25, 0.3) is 0 Å². The monoisotopic (exact) mass is 412 g/mol. The zero-order valence-electron chi connectivity index (χ0n) is 11.5. The van der Waals surface area contributed by atoms with Crippen molar-refractivity contribution in [1.29, 1.82) is 0 Å². The molecular formula is C13H7BrClFN6S. The molecule has 6 nitrogen and oxygen atoms in total. The van der Waals surface area contributed by atoms with E-state index in [2.05, 4.69) is 36.3 Å². The van der Waals surface area contributed by atoms with Gasteiger partial charge in [0.2, 0.25) is 10.8 Å². The van der Waals surface area contributed by atoms with Crippen molar-refractivity contribution in [3.05, 3.63) is 39.7 Å². The molecule has 0 unspecified atom stereocenters. The molecule has 0 spiro atoms. The lowest BCUT2D eigenvalue weighted by Gasteiger charge is -1.99. The first-order chi connectivity index (χ1) is 11.0. The Bertz CT molecular complexity index is 1020. The largest absolute Gasteiger partial charge is 0.263 e. The Labute approximate surface area is 146 Å². The molecule has 3 heterocycles. The summed E-state index contributed by atoms with van der Waals surface area (Å²) in [4.78, 5) is 0.618. The molecule has 116 valence electrons. The van der Waals surface area contributed by atoms with Crippen LogP contribution in [0.2, 0.25) is 5.02 Å². The van der Waals surface area contributed by atoms with E-state index in [1.54, 1.807) is 34.6 Å². The number of aryl methyl sites for hydroxylation is 1. The fourth-order valence-corrected chi connectivity index (χ4v) is 3.64. The van der Waals surface area contributed by atoms with Gasteiger partial charge in [0.1, 0.15) is 16.5 Å². The molecular weight excluding hydrogens is 407 g/mol. The van der Waals surface area contributed by atoms with E-state index in [-0.39, 0.29) is 5.82 Å². The Morgan fingerprint density at radius 1 is 1.30 bits per heavy atom. The molecule has 0 amide bonds. The predicted octanol–water partition coefficient (Wildman–Crippen LogP) is 3.81. The highest BCUT2D eigenvalue weighted by Crippen LogP contribution is 2.32. The summed E-state index contributed by atoms with van der Waals surface area (Å²) in [6.45, 7) is 0. The molecule has 0 radical (unpaired) electrons. The zero-order chi connectivity index (χ0) is 16.1. The third-order valence-electron chi connectivity index (χ3n) is 3.26. The van der Waals surface area contributed by atoms with E-state index >= 15 is 0 Å². The summed E-state index contributed by atoms with van der Waals surface area (Å²) in [5.41, 5.74) is 1.42. The average molecular weight is 414 g/mol. The molecule has 4 rings (SSSR count). The SMILES string of the molecule is Cn1ncc(Cl)c1-c1nnc2sc(-c3ccc(F)c(Br)c3)nn12. The van der Waals surface area contributed by atoms with E-state index in [0.717, 1.165) is 5.56 Å². The number of rotatable bonds is 2. The van der Waals surface area contributed by atoms with Crippen LogP contribution in [0.1, 0.15) is 0 Å². The number of halogens is 3. The van der Waals surface area contributed by atoms with Crippen molar-refractivity contribution in [3.8, 4) is 22.1 Å². The maximum absolute atomic E-state index is 13.4. The molecule has 23 heavy (non-hydrogen) atoms. The highest BCUT2D eigenvalue weighted by molar-refractivity contribution is 9.10. The van der Waals surface area contributed by atoms with Gasteiger partial charge in [-0.2, -0.15) is 14.7 Å². The van der Waals surface area contributed by atoms with Gasteiger partial charge in [-0.3, -0.25) is 4.68 Å². The summed E-state index contributed by atoms with van der Waals surface area (Å²) in [5.74, 6) is 0.188. The lowest BCUT2D eigenvalue weighted by molar-refractivity contribution is 0.621. The fraction of sp³-hybridized carbons (Fsp3) is 0.0769. The van der Waals surface area contributed by atoms with Gasteiger partial charge in [-0.1, -0.05) is 22.9 Å². The van der Waals surface area contributed by atoms with Crippen LogP contribution in [-0.4, -0.2) is 29.6 Å². The van der Waals surface area contributed by atoms with Crippen LogP contribution in [0.15, 0.2) is 28.9 Å². The van der Waals surface area contributed by atoms with Gasteiger partial charge in [-0.05, 0) is 34.1 Å². The number of fused-ring (bicyclic) bond motifs is 1. The van der Waals surface area contributed by atoms with Crippen molar-refractivity contribution < 1.29 is 4.39 Å². The van der Waals surface area contributed by atoms with E-state index in [1.807, 2.05) is 0 Å². The number of benzene rings is 1. The first-order valence-corrected chi connectivity index (χ1v) is 8.39. The minimum atomic E-state index is -0.320. The summed E-state index contributed by atoms with van der Waals surface area (Å²) < 4.78 is 17.0. The number of aromatic nitrogens is 6. The highest BCUT2D eigenvalue weighted by atomic mass is 79.9. The molecule has 1 aromatic carbocycles. The minimum Gasteiger partial charge on any atom is -0.263 e. The maximum atomic E-state index is 13.4. The van der Waals surface area contributed by atoms with Gasteiger partial charge in [0, 0.05) is 12.6 Å². The first kappa shape index (κ1) is 14.7. The van der Waals surface area contributed by atoms with Crippen molar-refractivity contribution in [2.75, 3.05) is 0 Å². The number of hydrogen-bond donors (Lipinski definition) is 0. The quantitative estimate of drug-likeness (QED) is 0.501. The Hall–Kier alpha value is -1.84. The van der Waals surface area contributed by atoms with Crippen molar-refractivity contribution in [2.45, 2.75) is 0 Å². The van der Waals surface area contributed by atoms with Gasteiger partial charge in [-0.15, -0.1) is 10.2 Å². The van der Waals surface area contributed by atoms with Crippen LogP contribution in [0.25, 0.3) is 27.1 Å². The summed E-state index contributed by atoms with van der Waals surface area (Å²) in [5, 5.41) is 18.1. The topological polar surface area (TPSA) is 60.9 Å². The molecule has 0 aliphatic rings. The van der Waals surface area contributed by atoms with Crippen LogP contribution >= 0.6 is 38.9 Å². The smallest absolute Gasteiger partial charge is 0.235 e. The Morgan fingerprint density at radius 3 is 2.83 bits per heavy atom. The molecule has 0 N–H and O–H groups in total. The lowest BCUT2D eigenvalue weighted by atomic mass is 10.2. The molecule has 0 aliphatic carbocycles. The van der Waals surface area contributed by atoms with Crippen LogP contribution in [0.4, 0.5) is 4.39 Å². The second-order valence-corrected chi connectivity index (χ2v) is 6.94. The van der Waals surface area contributed by atoms with Crippen LogP contribution in [-0.2, 0) is 7.05 Å². The molecule has 0 saturated heterocycles. The summed E-state index contributed by atoms with van der Waals surface area (Å²) >= 11 is 10.7. The van der Waals surface area contributed by atoms with Gasteiger partial charge in [-0.25, -0.2) is 4.39 Å². The standard InChI is InChI=1S/C13H7BrClFN6S/c1-21-10(8(15)5-17-21)11-18-19-13-22(11)20-12(23-13)6-2-3-9(16)7(14)4-6/h2-5H,1H3. The average Bonchev–Trinajstić information content (AvgIpc) is 3.18. The fourth-order valence-electron chi connectivity index (χ4n) is 2.17. The molecule has 0 saturated carbocycles. The maximum Gasteiger partial charge on any atom is 0.235 e. The molecule has 4 aromatic rings. The number of hydrogen-bond acceptors (Lipinski definition) is 5. The van der Waals surface area contributed by atoms with Crippen LogP contribution < -0.4 is 0 Å². The van der Waals surface area contributed by atoms with Gasteiger partial charge in [0.15, 0.2) is 0 Å². The van der Waals surface area contributed by atoms with E-state index in [1.165, 1.54) is 17.4 Å². The van der Waals surface area contributed by atoms with Gasteiger partial charge >= 0.3 is 0 Å². The van der Waals surface area contributed by atoms with Crippen LogP contribution in [0.3, 0.4) is 0 Å². The summed E-state index contributed by atoms with van der Waals surface area (Å²) in [6, 6.07) is 4.74. The van der Waals surface area contributed by atoms with Gasteiger partial charge in [0.05, 0.1) is 15.7 Å². The van der Waals surface area contributed by atoms with Crippen molar-refractivity contribution in [1.82, 2.24) is 29.6 Å². The molecule has 0 bridgehead atoms. The normalized spacial score (nSPS) is 11.5. The first-order valence-electron chi connectivity index (χ1n) is 6.40. The third kappa shape index (κ3) is 2.35. The Morgan fingerprint density at radius 2 is 2.13 bits per heavy atom. The van der Waals surface area contributed by atoms with Crippen LogP contribution in [0.5, 0.6) is 0 Å². The lowest BCUT2D eigenvalue weighted by Crippen LogP contribution is -1.99. The van der Waals surface area contributed by atoms with E-state index in [0.29, 0.717) is 31.0 Å². The van der Waals surface area contributed by atoms with Crippen LogP contribution in [0, 0.1) is 5.82 Å². The third-order valence-corrected chi connectivity index (χ3v) is 5.10. The molecule has 0 aliphatic heterocycles. The van der Waals surface area contributed by atoms with E-state index in [4.69, 9.17) is 11.6 Å². The van der Waals surface area contributed by atoms with Crippen molar-refractivity contribution >= 4 is 43.8 Å². The summed E-state index contributed by atoms with van der Waals surface area (Å²) in [7, 11) is 1.77. The number of nitrogens with zero attached hydrogens (tertiary/aromatic N) is 6. The zero-order valence-corrected chi connectivity index (χ0v) is 14.7. The minimum absolute atomic E-state index is 0.320. The van der Waals surface area contributed by atoms with Crippen molar-refractivity contribution in [2.24, 2.45) is 7.05 Å².